The molecule has 124 valence electrons. The second kappa shape index (κ2) is 7.37. The van der Waals surface area contributed by atoms with E-state index in [4.69, 9.17) is 10.5 Å². The average molecular weight is 315 g/mol. The average Bonchev–Trinajstić information content (AvgIpc) is 2.40. The van der Waals surface area contributed by atoms with Crippen molar-refractivity contribution in [2.24, 2.45) is 0 Å². The SMILES string of the molecule is Cc1cc(C)c(COCC(C)Nc2nc(C)nc(N)n2)c(C)c1. The van der Waals surface area contributed by atoms with E-state index >= 15 is 0 Å². The Morgan fingerprint density at radius 3 is 2.35 bits per heavy atom. The summed E-state index contributed by atoms with van der Waals surface area (Å²) in [4.78, 5) is 12.2. The van der Waals surface area contributed by atoms with Crippen LogP contribution in [0, 0.1) is 27.7 Å². The van der Waals surface area contributed by atoms with E-state index in [0.29, 0.717) is 25.0 Å². The molecule has 1 aromatic heterocycles. The Balaban J connectivity index is 1.89. The van der Waals surface area contributed by atoms with E-state index in [1.165, 1.54) is 22.3 Å². The molecule has 0 aliphatic rings. The summed E-state index contributed by atoms with van der Waals surface area (Å²) < 4.78 is 5.85. The monoisotopic (exact) mass is 315 g/mol. The summed E-state index contributed by atoms with van der Waals surface area (Å²) >= 11 is 0. The van der Waals surface area contributed by atoms with Crippen LogP contribution in [0.15, 0.2) is 12.1 Å². The van der Waals surface area contributed by atoms with Gasteiger partial charge >= 0.3 is 0 Å². The number of benzene rings is 1. The molecule has 1 unspecified atom stereocenters. The Labute approximate surface area is 137 Å². The van der Waals surface area contributed by atoms with Crippen LogP contribution in [-0.2, 0) is 11.3 Å². The standard InChI is InChI=1S/C17H25N5O/c1-10-6-11(2)15(12(3)7-10)9-23-8-13(4)19-17-21-14(5)20-16(18)22-17/h6-7,13H,8-9H2,1-5H3,(H3,18,19,20,21,22). The third-order valence-corrected chi connectivity index (χ3v) is 3.59. The summed E-state index contributed by atoms with van der Waals surface area (Å²) in [7, 11) is 0. The maximum atomic E-state index is 5.85. The normalized spacial score (nSPS) is 12.2. The van der Waals surface area contributed by atoms with Crippen LogP contribution in [0.1, 0.15) is 35.0 Å². The molecule has 1 heterocycles. The largest absolute Gasteiger partial charge is 0.375 e. The molecule has 6 nitrogen and oxygen atoms in total. The smallest absolute Gasteiger partial charge is 0.228 e. The molecular weight excluding hydrogens is 290 g/mol. The molecule has 6 heteroatoms. The van der Waals surface area contributed by atoms with Gasteiger partial charge in [0.15, 0.2) is 0 Å². The van der Waals surface area contributed by atoms with Crippen molar-refractivity contribution in [2.75, 3.05) is 17.7 Å². The molecule has 0 amide bonds. The fourth-order valence-corrected chi connectivity index (χ4v) is 2.60. The van der Waals surface area contributed by atoms with Gasteiger partial charge in [-0.15, -0.1) is 0 Å². The van der Waals surface area contributed by atoms with Gasteiger partial charge < -0.3 is 15.8 Å². The maximum Gasteiger partial charge on any atom is 0.228 e. The van der Waals surface area contributed by atoms with Crippen molar-refractivity contribution in [3.8, 4) is 0 Å². The third kappa shape index (κ3) is 4.89. The number of nitrogens with two attached hydrogens (primary N) is 1. The first-order valence-electron chi connectivity index (χ1n) is 7.74. The predicted octanol–water partition coefficient (Wildman–Crippen LogP) is 2.70. The fourth-order valence-electron chi connectivity index (χ4n) is 2.60. The lowest BCUT2D eigenvalue weighted by molar-refractivity contribution is 0.114. The lowest BCUT2D eigenvalue weighted by Gasteiger charge is -2.16. The molecule has 0 aliphatic heterocycles. The Hall–Kier alpha value is -2.21. The zero-order valence-electron chi connectivity index (χ0n) is 14.5. The highest BCUT2D eigenvalue weighted by Gasteiger charge is 2.08. The van der Waals surface area contributed by atoms with Gasteiger partial charge in [-0.2, -0.15) is 15.0 Å². The number of aromatic nitrogens is 3. The van der Waals surface area contributed by atoms with Crippen molar-refractivity contribution in [1.29, 1.82) is 0 Å². The van der Waals surface area contributed by atoms with Gasteiger partial charge in [0.25, 0.3) is 0 Å². The van der Waals surface area contributed by atoms with E-state index in [9.17, 15) is 0 Å². The van der Waals surface area contributed by atoms with Gasteiger partial charge in [-0.05, 0) is 51.3 Å². The molecule has 0 saturated carbocycles. The number of aryl methyl sites for hydroxylation is 4. The summed E-state index contributed by atoms with van der Waals surface area (Å²) in [5.74, 6) is 1.30. The molecule has 0 saturated heterocycles. The Kier molecular flexibility index (Phi) is 5.50. The summed E-state index contributed by atoms with van der Waals surface area (Å²) in [5, 5.41) is 3.18. The van der Waals surface area contributed by atoms with E-state index in [-0.39, 0.29) is 12.0 Å². The Morgan fingerprint density at radius 2 is 1.74 bits per heavy atom. The minimum Gasteiger partial charge on any atom is -0.375 e. The number of nitrogens with one attached hydrogen (secondary N) is 1. The zero-order valence-corrected chi connectivity index (χ0v) is 14.5. The molecule has 3 N–H and O–H groups in total. The van der Waals surface area contributed by atoms with Crippen LogP contribution in [0.2, 0.25) is 0 Å². The summed E-state index contributed by atoms with van der Waals surface area (Å²) in [6.07, 6.45) is 0. The first-order valence-corrected chi connectivity index (χ1v) is 7.74. The van der Waals surface area contributed by atoms with Crippen LogP contribution < -0.4 is 11.1 Å². The summed E-state index contributed by atoms with van der Waals surface area (Å²) in [6, 6.07) is 4.44. The highest BCUT2D eigenvalue weighted by Crippen LogP contribution is 2.17. The first kappa shape index (κ1) is 17.1. The van der Waals surface area contributed by atoms with Crippen molar-refractivity contribution >= 4 is 11.9 Å². The highest BCUT2D eigenvalue weighted by atomic mass is 16.5. The molecule has 2 aromatic rings. The third-order valence-electron chi connectivity index (χ3n) is 3.59. The predicted molar refractivity (Wildman–Crippen MR) is 92.4 cm³/mol. The first-order chi connectivity index (χ1) is 10.8. The van der Waals surface area contributed by atoms with Crippen LogP contribution in [0.25, 0.3) is 0 Å². The lowest BCUT2D eigenvalue weighted by atomic mass is 10.0. The molecule has 0 aliphatic carbocycles. The van der Waals surface area contributed by atoms with Crippen LogP contribution in [0.4, 0.5) is 11.9 Å². The quantitative estimate of drug-likeness (QED) is 0.852. The molecule has 1 atom stereocenters. The number of hydrogen-bond donors (Lipinski definition) is 2. The molecule has 2 rings (SSSR count). The lowest BCUT2D eigenvalue weighted by Crippen LogP contribution is -2.23. The number of nitrogens with zero attached hydrogens (tertiary/aromatic N) is 3. The van der Waals surface area contributed by atoms with Crippen molar-refractivity contribution in [1.82, 2.24) is 15.0 Å². The van der Waals surface area contributed by atoms with Gasteiger partial charge in [0.1, 0.15) is 5.82 Å². The van der Waals surface area contributed by atoms with Gasteiger partial charge in [0, 0.05) is 6.04 Å². The highest BCUT2D eigenvalue weighted by molar-refractivity contribution is 5.37. The van der Waals surface area contributed by atoms with Crippen LogP contribution in [-0.4, -0.2) is 27.6 Å². The zero-order chi connectivity index (χ0) is 17.0. The van der Waals surface area contributed by atoms with Crippen molar-refractivity contribution in [3.63, 3.8) is 0 Å². The molecular formula is C17H25N5O. The maximum absolute atomic E-state index is 5.85. The number of ether oxygens (including phenoxy) is 1. The number of hydrogen-bond acceptors (Lipinski definition) is 6. The van der Waals surface area contributed by atoms with Crippen LogP contribution >= 0.6 is 0 Å². The number of rotatable bonds is 6. The number of nitrogen functional groups attached to an aromatic ring is 1. The molecule has 23 heavy (non-hydrogen) atoms. The van der Waals surface area contributed by atoms with Gasteiger partial charge in [-0.1, -0.05) is 17.7 Å². The van der Waals surface area contributed by atoms with Crippen LogP contribution in [0.5, 0.6) is 0 Å². The summed E-state index contributed by atoms with van der Waals surface area (Å²) in [5.41, 5.74) is 10.7. The van der Waals surface area contributed by atoms with Gasteiger partial charge in [-0.3, -0.25) is 0 Å². The van der Waals surface area contributed by atoms with E-state index in [0.717, 1.165) is 0 Å². The van der Waals surface area contributed by atoms with Crippen molar-refractivity contribution < 1.29 is 4.74 Å². The Morgan fingerprint density at radius 1 is 1.09 bits per heavy atom. The topological polar surface area (TPSA) is 86.0 Å². The van der Waals surface area contributed by atoms with Crippen molar-refractivity contribution in [2.45, 2.75) is 47.3 Å². The van der Waals surface area contributed by atoms with Gasteiger partial charge in [0.2, 0.25) is 11.9 Å². The molecule has 0 radical (unpaired) electrons. The van der Waals surface area contributed by atoms with Gasteiger partial charge in [-0.25, -0.2) is 0 Å². The minimum atomic E-state index is 0.0715. The molecule has 0 fully saturated rings. The second-order valence-electron chi connectivity index (χ2n) is 6.00. The van der Waals surface area contributed by atoms with Crippen molar-refractivity contribution in [3.05, 3.63) is 40.2 Å². The molecule has 0 spiro atoms. The fraction of sp³-hybridized carbons (Fsp3) is 0.471. The minimum absolute atomic E-state index is 0.0715. The molecule has 0 bridgehead atoms. The molecule has 1 aromatic carbocycles. The van der Waals surface area contributed by atoms with E-state index in [2.05, 4.69) is 53.2 Å². The second-order valence-corrected chi connectivity index (χ2v) is 6.00. The van der Waals surface area contributed by atoms with Crippen LogP contribution in [0.3, 0.4) is 0 Å². The van der Waals surface area contributed by atoms with E-state index < -0.39 is 0 Å². The summed E-state index contributed by atoms with van der Waals surface area (Å²) in [6.45, 7) is 11.3. The number of anilines is 2. The van der Waals surface area contributed by atoms with E-state index in [1.807, 2.05) is 6.92 Å². The Bertz CT molecular complexity index is 643. The van der Waals surface area contributed by atoms with E-state index in [1.54, 1.807) is 6.92 Å². The van der Waals surface area contributed by atoms with Gasteiger partial charge in [0.05, 0.1) is 13.2 Å².